The monoisotopic (exact) mass is 322 g/mol. The van der Waals surface area contributed by atoms with Gasteiger partial charge in [-0.15, -0.1) is 0 Å². The summed E-state index contributed by atoms with van der Waals surface area (Å²) >= 11 is 0. The van der Waals surface area contributed by atoms with E-state index in [0.29, 0.717) is 0 Å². The van der Waals surface area contributed by atoms with Crippen LogP contribution in [0.25, 0.3) is 38.8 Å². The molecule has 4 nitrogen and oxygen atoms in total. The van der Waals surface area contributed by atoms with Crippen LogP contribution >= 0.6 is 0 Å². The molecule has 0 amide bonds. The SMILES string of the molecule is c1ccc(-c2cccc(-n3c4ccncc4c4cnccc43)c2)nc1. The molecule has 5 aromatic rings. The first kappa shape index (κ1) is 13.9. The van der Waals surface area contributed by atoms with E-state index in [2.05, 4.69) is 43.8 Å². The third-order valence-electron chi connectivity index (χ3n) is 4.43. The highest BCUT2D eigenvalue weighted by molar-refractivity contribution is 6.08. The highest BCUT2D eigenvalue weighted by Gasteiger charge is 2.12. The van der Waals surface area contributed by atoms with Crippen LogP contribution in [0.1, 0.15) is 0 Å². The van der Waals surface area contributed by atoms with E-state index in [4.69, 9.17) is 0 Å². The number of rotatable bonds is 2. The van der Waals surface area contributed by atoms with Crippen molar-refractivity contribution in [1.29, 1.82) is 0 Å². The number of hydrogen-bond donors (Lipinski definition) is 0. The Morgan fingerprint density at radius 3 is 2.12 bits per heavy atom. The third kappa shape index (κ3) is 2.19. The van der Waals surface area contributed by atoms with Crippen molar-refractivity contribution < 1.29 is 0 Å². The molecule has 5 rings (SSSR count). The molecule has 118 valence electrons. The molecule has 0 saturated carbocycles. The third-order valence-corrected chi connectivity index (χ3v) is 4.43. The summed E-state index contributed by atoms with van der Waals surface area (Å²) in [5.74, 6) is 0. The maximum Gasteiger partial charge on any atom is 0.0702 e. The van der Waals surface area contributed by atoms with E-state index in [1.54, 1.807) is 0 Å². The van der Waals surface area contributed by atoms with E-state index in [0.717, 1.165) is 38.8 Å². The number of pyridine rings is 3. The lowest BCUT2D eigenvalue weighted by Gasteiger charge is -2.09. The zero-order chi connectivity index (χ0) is 16.6. The van der Waals surface area contributed by atoms with Crippen LogP contribution in [0.4, 0.5) is 0 Å². The molecule has 4 aromatic heterocycles. The Morgan fingerprint density at radius 1 is 0.680 bits per heavy atom. The summed E-state index contributed by atoms with van der Waals surface area (Å²) in [5.41, 5.74) is 5.40. The average Bonchev–Trinajstić information content (AvgIpc) is 3.03. The topological polar surface area (TPSA) is 43.6 Å². The molecule has 0 fully saturated rings. The Kier molecular flexibility index (Phi) is 3.07. The largest absolute Gasteiger partial charge is 0.309 e. The van der Waals surface area contributed by atoms with Crippen LogP contribution in [0, 0.1) is 0 Å². The van der Waals surface area contributed by atoms with E-state index in [1.807, 2.05) is 61.3 Å². The van der Waals surface area contributed by atoms with Crippen LogP contribution in [0.5, 0.6) is 0 Å². The molecule has 0 atom stereocenters. The summed E-state index contributed by atoms with van der Waals surface area (Å²) in [7, 11) is 0. The zero-order valence-electron chi connectivity index (χ0n) is 13.4. The summed E-state index contributed by atoms with van der Waals surface area (Å²) in [6.07, 6.45) is 9.28. The number of fused-ring (bicyclic) bond motifs is 3. The summed E-state index contributed by atoms with van der Waals surface area (Å²) < 4.78 is 2.25. The molecule has 0 saturated heterocycles. The fourth-order valence-electron chi connectivity index (χ4n) is 3.33. The molecular formula is C21H14N4. The number of benzene rings is 1. The first-order valence-corrected chi connectivity index (χ1v) is 8.12. The molecule has 4 heteroatoms. The minimum absolute atomic E-state index is 0.966. The number of aromatic nitrogens is 4. The zero-order valence-corrected chi connectivity index (χ0v) is 13.4. The van der Waals surface area contributed by atoms with Gasteiger partial charge in [0, 0.05) is 53.0 Å². The molecular weight excluding hydrogens is 308 g/mol. The molecule has 0 unspecified atom stereocenters. The summed E-state index contributed by atoms with van der Waals surface area (Å²) in [5, 5.41) is 2.21. The maximum atomic E-state index is 4.47. The van der Waals surface area contributed by atoms with Gasteiger partial charge in [-0.25, -0.2) is 0 Å². The van der Waals surface area contributed by atoms with Crippen molar-refractivity contribution in [3.63, 3.8) is 0 Å². The van der Waals surface area contributed by atoms with Crippen molar-refractivity contribution in [2.45, 2.75) is 0 Å². The molecule has 25 heavy (non-hydrogen) atoms. The van der Waals surface area contributed by atoms with Crippen molar-refractivity contribution in [2.24, 2.45) is 0 Å². The molecule has 0 radical (unpaired) electrons. The molecule has 0 aliphatic rings. The van der Waals surface area contributed by atoms with Crippen molar-refractivity contribution >= 4 is 21.8 Å². The van der Waals surface area contributed by atoms with Crippen LogP contribution < -0.4 is 0 Å². The van der Waals surface area contributed by atoms with Gasteiger partial charge in [0.05, 0.1) is 16.7 Å². The second-order valence-corrected chi connectivity index (χ2v) is 5.89. The lowest BCUT2D eigenvalue weighted by molar-refractivity contribution is 1.17. The maximum absolute atomic E-state index is 4.47. The van der Waals surface area contributed by atoms with Gasteiger partial charge in [0.2, 0.25) is 0 Å². The Balaban J connectivity index is 1.81. The standard InChI is InChI=1S/C21H14N4/c1-2-9-24-19(6-1)15-4-3-5-16(12-15)25-20-7-10-22-13-17(20)18-14-23-11-8-21(18)25/h1-14H. The minimum Gasteiger partial charge on any atom is -0.309 e. The van der Waals surface area contributed by atoms with Crippen LogP contribution in [-0.4, -0.2) is 19.5 Å². The van der Waals surface area contributed by atoms with E-state index in [9.17, 15) is 0 Å². The van der Waals surface area contributed by atoms with Gasteiger partial charge in [-0.05, 0) is 36.4 Å². The predicted octanol–water partition coefficient (Wildman–Crippen LogP) is 4.64. The molecule has 0 N–H and O–H groups in total. The highest BCUT2D eigenvalue weighted by atomic mass is 15.0. The first-order valence-electron chi connectivity index (χ1n) is 8.12. The quantitative estimate of drug-likeness (QED) is 0.476. The van der Waals surface area contributed by atoms with Crippen LogP contribution in [0.3, 0.4) is 0 Å². The normalized spacial score (nSPS) is 11.2. The Morgan fingerprint density at radius 2 is 1.44 bits per heavy atom. The van der Waals surface area contributed by atoms with Crippen LogP contribution in [0.2, 0.25) is 0 Å². The Hall–Kier alpha value is -3.53. The van der Waals surface area contributed by atoms with Gasteiger partial charge < -0.3 is 4.57 Å². The van der Waals surface area contributed by atoms with Gasteiger partial charge in [-0.2, -0.15) is 0 Å². The van der Waals surface area contributed by atoms with Gasteiger partial charge >= 0.3 is 0 Å². The van der Waals surface area contributed by atoms with Crippen molar-refractivity contribution in [2.75, 3.05) is 0 Å². The van der Waals surface area contributed by atoms with Crippen molar-refractivity contribution in [3.8, 4) is 16.9 Å². The smallest absolute Gasteiger partial charge is 0.0702 e. The molecule has 0 bridgehead atoms. The Labute approximate surface area is 144 Å². The summed E-state index contributed by atoms with van der Waals surface area (Å²) in [6, 6.07) is 18.5. The van der Waals surface area contributed by atoms with Gasteiger partial charge in [0.25, 0.3) is 0 Å². The minimum atomic E-state index is 0.966. The van der Waals surface area contributed by atoms with E-state index in [-0.39, 0.29) is 0 Å². The van der Waals surface area contributed by atoms with Gasteiger partial charge in [-0.3, -0.25) is 15.0 Å². The average molecular weight is 322 g/mol. The molecule has 0 spiro atoms. The summed E-state index contributed by atoms with van der Waals surface area (Å²) in [6.45, 7) is 0. The van der Waals surface area contributed by atoms with Crippen molar-refractivity contribution in [3.05, 3.63) is 85.6 Å². The van der Waals surface area contributed by atoms with E-state index >= 15 is 0 Å². The second kappa shape index (κ2) is 5.53. The van der Waals surface area contributed by atoms with Gasteiger partial charge in [-0.1, -0.05) is 18.2 Å². The lowest BCUT2D eigenvalue weighted by atomic mass is 10.1. The van der Waals surface area contributed by atoms with Crippen molar-refractivity contribution in [1.82, 2.24) is 19.5 Å². The molecule has 0 aliphatic carbocycles. The fraction of sp³-hybridized carbons (Fsp3) is 0. The van der Waals surface area contributed by atoms with Gasteiger partial charge in [0.15, 0.2) is 0 Å². The molecule has 1 aromatic carbocycles. The molecule has 4 heterocycles. The van der Waals surface area contributed by atoms with Crippen LogP contribution in [-0.2, 0) is 0 Å². The highest BCUT2D eigenvalue weighted by Crippen LogP contribution is 2.31. The fourth-order valence-corrected chi connectivity index (χ4v) is 3.33. The van der Waals surface area contributed by atoms with Crippen LogP contribution in [0.15, 0.2) is 85.6 Å². The number of nitrogens with zero attached hydrogens (tertiary/aromatic N) is 4. The number of hydrogen-bond acceptors (Lipinski definition) is 3. The van der Waals surface area contributed by atoms with Gasteiger partial charge in [0.1, 0.15) is 0 Å². The van der Waals surface area contributed by atoms with E-state index < -0.39 is 0 Å². The predicted molar refractivity (Wildman–Crippen MR) is 99.6 cm³/mol. The molecule has 0 aliphatic heterocycles. The first-order chi connectivity index (χ1) is 12.4. The Bertz CT molecular complexity index is 1140. The van der Waals surface area contributed by atoms with E-state index in [1.165, 1.54) is 0 Å². The lowest BCUT2D eigenvalue weighted by Crippen LogP contribution is -1.94. The second-order valence-electron chi connectivity index (χ2n) is 5.89. The summed E-state index contributed by atoms with van der Waals surface area (Å²) in [4.78, 5) is 13.0.